The van der Waals surface area contributed by atoms with Crippen molar-refractivity contribution in [3.8, 4) is 5.75 Å². The fourth-order valence-electron chi connectivity index (χ4n) is 1.61. The van der Waals surface area contributed by atoms with Gasteiger partial charge >= 0.3 is 6.30 Å². The van der Waals surface area contributed by atoms with Crippen LogP contribution in [0, 0.1) is 5.82 Å². The zero-order chi connectivity index (χ0) is 12.6. The Hall–Kier alpha value is -1.98. The van der Waals surface area contributed by atoms with Crippen molar-refractivity contribution in [3.05, 3.63) is 36.1 Å². The van der Waals surface area contributed by atoms with E-state index in [0.29, 0.717) is 0 Å². The van der Waals surface area contributed by atoms with Gasteiger partial charge in [-0.3, -0.25) is 5.32 Å². The summed E-state index contributed by atoms with van der Waals surface area (Å²) in [6.07, 6.45) is -4.66. The average Bonchev–Trinajstić information content (AvgIpc) is 2.21. The summed E-state index contributed by atoms with van der Waals surface area (Å²) in [6.45, 7) is 0. The number of benzene rings is 2. The van der Waals surface area contributed by atoms with E-state index in [4.69, 9.17) is 0 Å². The number of fused-ring (bicyclic) bond motifs is 1. The van der Waals surface area contributed by atoms with Crippen LogP contribution in [-0.2, 0) is 0 Å². The van der Waals surface area contributed by atoms with Gasteiger partial charge in [-0.25, -0.2) is 4.39 Å². The molecule has 2 aromatic rings. The van der Waals surface area contributed by atoms with Crippen LogP contribution in [0.1, 0.15) is 0 Å². The van der Waals surface area contributed by atoms with Gasteiger partial charge in [0, 0.05) is 10.8 Å². The van der Waals surface area contributed by atoms with E-state index < -0.39 is 17.8 Å². The molecule has 0 aromatic heterocycles. The van der Waals surface area contributed by atoms with E-state index in [9.17, 15) is 22.7 Å². The molecule has 0 amide bonds. The van der Waals surface area contributed by atoms with Gasteiger partial charge in [0.2, 0.25) is 0 Å². The molecule has 90 valence electrons. The summed E-state index contributed by atoms with van der Waals surface area (Å²) in [7, 11) is 0. The minimum Gasteiger partial charge on any atom is -0.507 e. The summed E-state index contributed by atoms with van der Waals surface area (Å²) in [5, 5.41) is 10.4. The van der Waals surface area contributed by atoms with Crippen LogP contribution in [0.3, 0.4) is 0 Å². The fraction of sp³-hybridized carbons (Fsp3) is 0.0909. The monoisotopic (exact) mass is 245 g/mol. The van der Waals surface area contributed by atoms with Crippen LogP contribution in [0.2, 0.25) is 0 Å². The summed E-state index contributed by atoms with van der Waals surface area (Å²) in [5.74, 6) is -1.10. The lowest BCUT2D eigenvalue weighted by molar-refractivity contribution is -0.0998. The average molecular weight is 245 g/mol. The highest BCUT2D eigenvalue weighted by Gasteiger charge is 2.28. The van der Waals surface area contributed by atoms with Crippen molar-refractivity contribution in [2.45, 2.75) is 6.30 Å². The van der Waals surface area contributed by atoms with Crippen LogP contribution >= 0.6 is 0 Å². The second kappa shape index (κ2) is 3.80. The van der Waals surface area contributed by atoms with E-state index in [-0.39, 0.29) is 16.5 Å². The Kier molecular flexibility index (Phi) is 2.57. The molecule has 0 bridgehead atoms. The summed E-state index contributed by atoms with van der Waals surface area (Å²) >= 11 is 0. The number of rotatable bonds is 1. The van der Waals surface area contributed by atoms with Gasteiger partial charge in [0.05, 0.1) is 5.69 Å². The van der Waals surface area contributed by atoms with E-state index in [1.165, 1.54) is 17.4 Å². The number of halogens is 4. The maximum atomic E-state index is 13.5. The van der Waals surface area contributed by atoms with E-state index in [1.807, 2.05) is 0 Å². The minimum absolute atomic E-state index is 0.0271. The van der Waals surface area contributed by atoms with Crippen LogP contribution in [0.15, 0.2) is 30.3 Å². The number of phenols is 1. The Morgan fingerprint density at radius 2 is 1.76 bits per heavy atom. The number of nitrogens with one attached hydrogen (secondary N) is 1. The molecule has 0 aliphatic rings. The van der Waals surface area contributed by atoms with Gasteiger partial charge in [-0.15, -0.1) is 0 Å². The maximum absolute atomic E-state index is 13.5. The fourth-order valence-corrected chi connectivity index (χ4v) is 1.61. The van der Waals surface area contributed by atoms with Crippen molar-refractivity contribution in [2.24, 2.45) is 0 Å². The Bertz CT molecular complexity index is 565. The minimum atomic E-state index is -4.66. The van der Waals surface area contributed by atoms with Gasteiger partial charge in [0.15, 0.2) is 0 Å². The molecule has 0 atom stereocenters. The first-order valence-electron chi connectivity index (χ1n) is 4.63. The van der Waals surface area contributed by atoms with Crippen LogP contribution in [0.5, 0.6) is 5.75 Å². The summed E-state index contributed by atoms with van der Waals surface area (Å²) in [5.41, 5.74) is -0.427. The number of phenolic OH excluding ortho intramolecular Hbond substituents is 1. The topological polar surface area (TPSA) is 32.3 Å². The lowest BCUT2D eigenvalue weighted by atomic mass is 10.1. The molecule has 0 spiro atoms. The van der Waals surface area contributed by atoms with Gasteiger partial charge < -0.3 is 5.11 Å². The molecule has 0 unspecified atom stereocenters. The number of aromatic hydroxyl groups is 1. The van der Waals surface area contributed by atoms with Crippen molar-refractivity contribution >= 4 is 16.5 Å². The number of alkyl halides is 3. The van der Waals surface area contributed by atoms with Crippen molar-refractivity contribution in [2.75, 3.05) is 5.32 Å². The highest BCUT2D eigenvalue weighted by atomic mass is 19.4. The second-order valence-corrected chi connectivity index (χ2v) is 3.42. The molecule has 0 saturated carbocycles. The predicted molar refractivity (Wildman–Crippen MR) is 55.2 cm³/mol. The maximum Gasteiger partial charge on any atom is 0.482 e. The van der Waals surface area contributed by atoms with Gasteiger partial charge in [0.25, 0.3) is 0 Å². The van der Waals surface area contributed by atoms with E-state index >= 15 is 0 Å². The molecular weight excluding hydrogens is 238 g/mol. The van der Waals surface area contributed by atoms with Crippen molar-refractivity contribution in [1.29, 1.82) is 0 Å². The molecular formula is C11H7F4NO. The lowest BCUT2D eigenvalue weighted by Gasteiger charge is -2.13. The van der Waals surface area contributed by atoms with Crippen LogP contribution in [0.25, 0.3) is 10.8 Å². The quantitative estimate of drug-likeness (QED) is 0.594. The lowest BCUT2D eigenvalue weighted by Crippen LogP contribution is -2.20. The third-order valence-corrected chi connectivity index (χ3v) is 2.24. The van der Waals surface area contributed by atoms with Crippen LogP contribution in [0.4, 0.5) is 23.2 Å². The normalized spacial score (nSPS) is 11.8. The molecule has 0 saturated heterocycles. The van der Waals surface area contributed by atoms with E-state index in [1.54, 1.807) is 0 Å². The molecule has 2 nitrogen and oxygen atoms in total. The summed E-state index contributed by atoms with van der Waals surface area (Å²) in [6, 6.07) is 5.75. The first-order chi connectivity index (χ1) is 7.88. The van der Waals surface area contributed by atoms with Gasteiger partial charge in [-0.05, 0) is 18.2 Å². The first kappa shape index (κ1) is 11.5. The van der Waals surface area contributed by atoms with E-state index in [2.05, 4.69) is 0 Å². The van der Waals surface area contributed by atoms with Gasteiger partial charge in [-0.1, -0.05) is 12.1 Å². The Morgan fingerprint density at radius 1 is 1.06 bits per heavy atom. The molecule has 0 heterocycles. The molecule has 6 heteroatoms. The molecule has 0 aliphatic heterocycles. The molecule has 2 N–H and O–H groups in total. The Labute approximate surface area is 93.5 Å². The van der Waals surface area contributed by atoms with Gasteiger partial charge in [0.1, 0.15) is 11.6 Å². The standard InChI is InChI=1S/C11H7F4NO/c12-7-4-5-9(17)6-2-1-3-8(10(6)7)16-11(13,14)15/h1-5,16-17H. The van der Waals surface area contributed by atoms with Crippen molar-refractivity contribution in [1.82, 2.24) is 0 Å². The third-order valence-electron chi connectivity index (χ3n) is 2.24. The largest absolute Gasteiger partial charge is 0.507 e. The molecule has 17 heavy (non-hydrogen) atoms. The highest BCUT2D eigenvalue weighted by molar-refractivity contribution is 5.98. The highest BCUT2D eigenvalue weighted by Crippen LogP contribution is 2.34. The van der Waals surface area contributed by atoms with Crippen molar-refractivity contribution in [3.63, 3.8) is 0 Å². The van der Waals surface area contributed by atoms with Crippen molar-refractivity contribution < 1.29 is 22.7 Å². The smallest absolute Gasteiger partial charge is 0.482 e. The number of anilines is 1. The Morgan fingerprint density at radius 3 is 2.41 bits per heavy atom. The molecule has 2 rings (SSSR count). The molecule has 0 aliphatic carbocycles. The third kappa shape index (κ3) is 2.25. The second-order valence-electron chi connectivity index (χ2n) is 3.42. The molecule has 2 aromatic carbocycles. The van der Waals surface area contributed by atoms with Crippen LogP contribution in [-0.4, -0.2) is 11.4 Å². The molecule has 0 radical (unpaired) electrons. The zero-order valence-corrected chi connectivity index (χ0v) is 8.35. The number of hydrogen-bond donors (Lipinski definition) is 2. The zero-order valence-electron chi connectivity index (χ0n) is 8.35. The number of hydrogen-bond acceptors (Lipinski definition) is 2. The van der Waals surface area contributed by atoms with Gasteiger partial charge in [-0.2, -0.15) is 13.2 Å². The first-order valence-corrected chi connectivity index (χ1v) is 4.63. The summed E-state index contributed by atoms with van der Waals surface area (Å²) < 4.78 is 50.1. The SMILES string of the molecule is Oc1ccc(F)c2c(NC(F)(F)F)cccc12. The van der Waals surface area contributed by atoms with Crippen LogP contribution < -0.4 is 5.32 Å². The van der Waals surface area contributed by atoms with E-state index in [0.717, 1.165) is 18.2 Å². The Balaban J connectivity index is 2.68. The predicted octanol–water partition coefficient (Wildman–Crippen LogP) is 3.62. The summed E-state index contributed by atoms with van der Waals surface area (Å²) in [4.78, 5) is 0. The molecule has 0 fully saturated rings.